The number of nitrogens with zero attached hydrogens (tertiary/aromatic N) is 1. The van der Waals surface area contributed by atoms with E-state index in [1.54, 1.807) is 6.08 Å². The van der Waals surface area contributed by atoms with Gasteiger partial charge in [-0.15, -0.1) is 0 Å². The summed E-state index contributed by atoms with van der Waals surface area (Å²) in [6, 6.07) is -0.889. The van der Waals surface area contributed by atoms with Crippen LogP contribution in [0.15, 0.2) is 85.1 Å². The van der Waals surface area contributed by atoms with Crippen LogP contribution in [0.5, 0.6) is 0 Å². The quantitative estimate of drug-likeness (QED) is 0.0272. The van der Waals surface area contributed by atoms with Crippen LogP contribution in [0.2, 0.25) is 0 Å². The third-order valence-corrected chi connectivity index (χ3v) is 13.8. The largest absolute Gasteiger partial charge is 0.756 e. The van der Waals surface area contributed by atoms with E-state index in [0.717, 1.165) is 77.0 Å². The molecule has 0 saturated heterocycles. The molecule has 0 aromatic carbocycles. The third kappa shape index (κ3) is 55.3. The molecule has 0 radical (unpaired) electrons. The monoisotopic (exact) mass is 1010 g/mol. The van der Waals surface area contributed by atoms with Gasteiger partial charge in [0.1, 0.15) is 13.2 Å². The maximum absolute atomic E-state index is 13.0. The van der Waals surface area contributed by atoms with Gasteiger partial charge in [0.25, 0.3) is 7.82 Å². The van der Waals surface area contributed by atoms with Gasteiger partial charge < -0.3 is 28.8 Å². The predicted octanol–water partition coefficient (Wildman–Crippen LogP) is 17.4. The highest BCUT2D eigenvalue weighted by molar-refractivity contribution is 7.45. The first-order valence-electron chi connectivity index (χ1n) is 29.4. The van der Waals surface area contributed by atoms with Crippen molar-refractivity contribution in [2.75, 3.05) is 40.9 Å². The highest BCUT2D eigenvalue weighted by atomic mass is 31.2. The van der Waals surface area contributed by atoms with Crippen molar-refractivity contribution in [1.29, 1.82) is 0 Å². The highest BCUT2D eigenvalue weighted by Crippen LogP contribution is 2.38. The summed E-state index contributed by atoms with van der Waals surface area (Å²) in [4.78, 5) is 25.5. The Balaban J connectivity index is 4.05. The van der Waals surface area contributed by atoms with Gasteiger partial charge in [-0.1, -0.05) is 259 Å². The first kappa shape index (κ1) is 68.7. The Morgan fingerprint density at radius 3 is 1.25 bits per heavy atom. The average molecular weight is 1010 g/mol. The number of allylic oxidation sites excluding steroid dienone is 13. The zero-order valence-corrected chi connectivity index (χ0v) is 47.8. The number of nitrogens with one attached hydrogen (secondary N) is 1. The first-order chi connectivity index (χ1) is 34.5. The number of aliphatic hydroxyl groups is 1. The lowest BCUT2D eigenvalue weighted by atomic mass is 10.0. The van der Waals surface area contributed by atoms with E-state index in [4.69, 9.17) is 9.05 Å². The third-order valence-electron chi connectivity index (χ3n) is 12.9. The minimum Gasteiger partial charge on any atom is -0.756 e. The molecule has 0 aliphatic rings. The molecule has 412 valence electrons. The minimum absolute atomic E-state index is 0.00270. The number of amides is 1. The molecule has 0 spiro atoms. The molecule has 3 atom stereocenters. The zero-order valence-electron chi connectivity index (χ0n) is 46.9. The van der Waals surface area contributed by atoms with E-state index in [-0.39, 0.29) is 19.1 Å². The van der Waals surface area contributed by atoms with Crippen LogP contribution in [0.3, 0.4) is 0 Å². The summed E-state index contributed by atoms with van der Waals surface area (Å²) in [7, 11) is 1.26. The van der Waals surface area contributed by atoms with E-state index < -0.39 is 20.0 Å². The number of phosphoric acid groups is 1. The van der Waals surface area contributed by atoms with Gasteiger partial charge in [-0.3, -0.25) is 9.36 Å². The van der Waals surface area contributed by atoms with Crippen molar-refractivity contribution in [3.8, 4) is 0 Å². The average Bonchev–Trinajstić information content (AvgIpc) is 3.33. The van der Waals surface area contributed by atoms with E-state index >= 15 is 0 Å². The maximum atomic E-state index is 13.0. The van der Waals surface area contributed by atoms with Crippen molar-refractivity contribution >= 4 is 13.7 Å². The van der Waals surface area contributed by atoms with Crippen molar-refractivity contribution in [2.45, 2.75) is 264 Å². The van der Waals surface area contributed by atoms with Gasteiger partial charge in [0.05, 0.1) is 39.9 Å². The molecule has 0 fully saturated rings. The molecule has 9 heteroatoms. The van der Waals surface area contributed by atoms with Crippen molar-refractivity contribution in [3.63, 3.8) is 0 Å². The second-order valence-electron chi connectivity index (χ2n) is 21.0. The van der Waals surface area contributed by atoms with Crippen LogP contribution in [0.1, 0.15) is 251 Å². The number of likely N-dealkylation sites (N-methyl/N-ethyl adjacent to an activating group) is 1. The molecular weight excluding hydrogens is 900 g/mol. The van der Waals surface area contributed by atoms with Crippen LogP contribution in [-0.4, -0.2) is 68.5 Å². The van der Waals surface area contributed by atoms with Crippen molar-refractivity contribution < 1.29 is 32.9 Å². The van der Waals surface area contributed by atoms with Gasteiger partial charge in [0.2, 0.25) is 5.91 Å². The number of hydrogen-bond donors (Lipinski definition) is 2. The zero-order chi connectivity index (χ0) is 52.0. The van der Waals surface area contributed by atoms with E-state index in [9.17, 15) is 19.4 Å². The van der Waals surface area contributed by atoms with Crippen LogP contribution in [0.4, 0.5) is 0 Å². The Bertz CT molecular complexity index is 1430. The topological polar surface area (TPSA) is 108 Å². The number of quaternary nitrogens is 1. The molecule has 0 aromatic rings. The number of carbonyl (C=O) groups is 1. The van der Waals surface area contributed by atoms with Gasteiger partial charge in [-0.25, -0.2) is 0 Å². The van der Waals surface area contributed by atoms with Crippen LogP contribution in [0.25, 0.3) is 0 Å². The van der Waals surface area contributed by atoms with Crippen LogP contribution >= 0.6 is 7.82 Å². The standard InChI is InChI=1S/C62H113N2O6P/c1-6-8-10-12-14-16-18-20-22-23-24-25-26-27-28-29-30-31-32-33-34-35-36-37-38-39-40-41-42-44-46-48-50-52-54-56-62(66)63-60(59-70-71(67,68)69-58-57-64(3,4)5)61(65)55-53-51-49-47-45-43-21-19-17-15-13-11-9-7-2/h8,10,14,16,20,22,24-25,27-28,30-31,53,55,60-61,65H,6-7,9,11-13,15,17-19,21,23,26,29,32-52,54,56-59H2,1-5H3,(H-,63,66,67,68)/b10-8-,16-14-,22-20-,25-24-,28-27-,31-30-,55-53+. The van der Waals surface area contributed by atoms with Crippen molar-refractivity contribution in [1.82, 2.24) is 5.32 Å². The fourth-order valence-electron chi connectivity index (χ4n) is 8.28. The fourth-order valence-corrected chi connectivity index (χ4v) is 9.00. The summed E-state index contributed by atoms with van der Waals surface area (Å²) in [6.07, 6.45) is 73.8. The molecule has 71 heavy (non-hydrogen) atoms. The maximum Gasteiger partial charge on any atom is 0.268 e. The second kappa shape index (κ2) is 52.5. The lowest BCUT2D eigenvalue weighted by Crippen LogP contribution is -2.45. The summed E-state index contributed by atoms with van der Waals surface area (Å²) in [5.41, 5.74) is 0. The Hall–Kier alpha value is -2.32. The number of carbonyl (C=O) groups excluding carboxylic acids is 1. The lowest BCUT2D eigenvalue weighted by molar-refractivity contribution is -0.870. The van der Waals surface area contributed by atoms with Crippen molar-refractivity contribution in [2.24, 2.45) is 0 Å². The molecule has 8 nitrogen and oxygen atoms in total. The normalized spacial score (nSPS) is 14.5. The van der Waals surface area contributed by atoms with Crippen LogP contribution in [-0.2, 0) is 18.4 Å². The molecule has 0 heterocycles. The van der Waals surface area contributed by atoms with Crippen molar-refractivity contribution in [3.05, 3.63) is 85.1 Å². The Morgan fingerprint density at radius 2 is 0.859 bits per heavy atom. The molecule has 0 aliphatic heterocycles. The molecule has 0 aromatic heterocycles. The second-order valence-corrected chi connectivity index (χ2v) is 22.4. The Morgan fingerprint density at radius 1 is 0.507 bits per heavy atom. The lowest BCUT2D eigenvalue weighted by Gasteiger charge is -2.29. The predicted molar refractivity (Wildman–Crippen MR) is 307 cm³/mol. The molecule has 0 saturated carbocycles. The first-order valence-corrected chi connectivity index (χ1v) is 30.9. The van der Waals surface area contributed by atoms with E-state index in [1.165, 1.54) is 154 Å². The van der Waals surface area contributed by atoms with Gasteiger partial charge in [-0.2, -0.15) is 0 Å². The van der Waals surface area contributed by atoms with Crippen LogP contribution in [0, 0.1) is 0 Å². The molecule has 1 amide bonds. The molecular formula is C62H113N2O6P. The summed E-state index contributed by atoms with van der Waals surface area (Å²) in [6.45, 7) is 4.54. The van der Waals surface area contributed by atoms with Gasteiger partial charge >= 0.3 is 0 Å². The van der Waals surface area contributed by atoms with Gasteiger partial charge in [0.15, 0.2) is 0 Å². The molecule has 2 N–H and O–H groups in total. The summed E-state index contributed by atoms with van der Waals surface area (Å²) < 4.78 is 23.3. The molecule has 3 unspecified atom stereocenters. The number of phosphoric ester groups is 1. The molecule has 0 bridgehead atoms. The number of rotatable bonds is 53. The SMILES string of the molecule is CC/C=C\C/C=C\C/C=C\C/C=C\C/C=C\C/C=C\CCCCCCCCCCCCCCCCCCC(=O)NC(COP(=O)([O-])OCC[N+](C)(C)C)C(O)/C=C/CCCCCCCCCCCCCC. The Labute approximate surface area is 439 Å². The van der Waals surface area contributed by atoms with E-state index in [1.807, 2.05) is 27.2 Å². The van der Waals surface area contributed by atoms with Gasteiger partial charge in [-0.05, 0) is 70.6 Å². The smallest absolute Gasteiger partial charge is 0.268 e. The molecule has 0 aliphatic carbocycles. The highest BCUT2D eigenvalue weighted by Gasteiger charge is 2.23. The summed E-state index contributed by atoms with van der Waals surface area (Å²) in [5.74, 6) is -0.199. The minimum atomic E-state index is -4.60. The number of unbranched alkanes of at least 4 members (excludes halogenated alkanes) is 28. The van der Waals surface area contributed by atoms with E-state index in [0.29, 0.717) is 17.4 Å². The molecule has 0 rings (SSSR count). The Kier molecular flexibility index (Phi) is 50.8. The fraction of sp³-hybridized carbons (Fsp3) is 0.758. The summed E-state index contributed by atoms with van der Waals surface area (Å²) in [5, 5.41) is 13.9. The number of hydrogen-bond acceptors (Lipinski definition) is 6. The van der Waals surface area contributed by atoms with Crippen LogP contribution < -0.4 is 10.2 Å². The summed E-state index contributed by atoms with van der Waals surface area (Å²) >= 11 is 0. The number of aliphatic hydroxyl groups excluding tert-OH is 1. The van der Waals surface area contributed by atoms with E-state index in [2.05, 4.69) is 92.1 Å². The van der Waals surface area contributed by atoms with Gasteiger partial charge in [0, 0.05) is 6.42 Å².